The highest BCUT2D eigenvalue weighted by molar-refractivity contribution is 5.85. The van der Waals surface area contributed by atoms with Gasteiger partial charge in [-0.1, -0.05) is 12.5 Å². The number of aliphatic hydroxyl groups excluding tert-OH is 2. The van der Waals surface area contributed by atoms with Gasteiger partial charge in [0.05, 0.1) is 18.1 Å². The number of carbonyl (C=O) groups excluding carboxylic acids is 1. The third kappa shape index (κ3) is 2.48. The number of hydrogen-bond donors (Lipinski definition) is 4. The van der Waals surface area contributed by atoms with Gasteiger partial charge in [0.2, 0.25) is 0 Å². The predicted octanol–water partition coefficient (Wildman–Crippen LogP) is 0.418. The number of ether oxygens (including phenoxy) is 3. The first-order chi connectivity index (χ1) is 14.7. The smallest absolute Gasteiger partial charge is 0.343 e. The summed E-state index contributed by atoms with van der Waals surface area (Å²) >= 11 is 0. The van der Waals surface area contributed by atoms with Crippen LogP contribution in [0.1, 0.15) is 36.8 Å². The molecule has 5 rings (SSSR count). The molecule has 1 spiro atoms. The average molecular weight is 432 g/mol. The highest BCUT2D eigenvalue weighted by atomic mass is 16.6. The maximum Gasteiger partial charge on any atom is 0.343 e. The zero-order valence-electron chi connectivity index (χ0n) is 16.9. The average Bonchev–Trinajstić information content (AvgIpc) is 3.09. The molecule has 3 aliphatic carbocycles. The van der Waals surface area contributed by atoms with Crippen LogP contribution in [-0.2, 0) is 26.2 Å². The molecular weight excluding hydrogens is 408 g/mol. The van der Waals surface area contributed by atoms with Gasteiger partial charge in [0.15, 0.2) is 29.8 Å². The van der Waals surface area contributed by atoms with E-state index in [1.165, 1.54) is 7.11 Å². The van der Waals surface area contributed by atoms with Crippen LogP contribution in [0.25, 0.3) is 0 Å². The number of benzene rings is 1. The molecule has 0 aromatic heterocycles. The highest BCUT2D eigenvalue weighted by Crippen LogP contribution is 2.67. The summed E-state index contributed by atoms with van der Waals surface area (Å²) in [7, 11) is 1.53. The Balaban J connectivity index is 1.58. The van der Waals surface area contributed by atoms with Crippen molar-refractivity contribution in [2.24, 2.45) is 5.92 Å². The summed E-state index contributed by atoms with van der Waals surface area (Å²) < 4.78 is 17.1. The van der Waals surface area contributed by atoms with Crippen molar-refractivity contribution in [2.75, 3.05) is 7.11 Å². The van der Waals surface area contributed by atoms with Gasteiger partial charge in [-0.2, -0.15) is 0 Å². The standard InChI is InChI=1S/C22H24O9/c1-29-12-5-4-10-9-11-3-2-7-21-14(10)17(12)31-18(21)13(6-8-22(11,21)28)30-20(27)16(24)15(23)19(25)26/h4-6,11,15-16,18,23-24,28H,2-3,7-9H2,1H3,(H,25,26)/t11-,15-,16-,18+,21+,22-/m1/s1. The maximum atomic E-state index is 12.4. The van der Waals surface area contributed by atoms with Crippen molar-refractivity contribution in [1.29, 1.82) is 0 Å². The first kappa shape index (κ1) is 20.3. The number of carboxylic acids is 1. The van der Waals surface area contributed by atoms with Gasteiger partial charge < -0.3 is 34.6 Å². The fourth-order valence-electron chi connectivity index (χ4n) is 6.12. The van der Waals surface area contributed by atoms with Crippen LogP contribution < -0.4 is 9.47 Å². The van der Waals surface area contributed by atoms with Crippen molar-refractivity contribution in [2.45, 2.75) is 61.4 Å². The molecule has 0 unspecified atom stereocenters. The molecule has 166 valence electrons. The summed E-state index contributed by atoms with van der Waals surface area (Å²) in [6.07, 6.45) is -0.526. The molecule has 1 saturated carbocycles. The van der Waals surface area contributed by atoms with E-state index in [2.05, 4.69) is 0 Å². The molecule has 1 aromatic carbocycles. The van der Waals surface area contributed by atoms with Crippen molar-refractivity contribution in [1.82, 2.24) is 0 Å². The van der Waals surface area contributed by atoms with E-state index in [-0.39, 0.29) is 18.1 Å². The molecule has 1 aliphatic heterocycles. The van der Waals surface area contributed by atoms with Gasteiger partial charge in [-0.3, -0.25) is 0 Å². The lowest BCUT2D eigenvalue weighted by atomic mass is 9.47. The van der Waals surface area contributed by atoms with Gasteiger partial charge in [-0.15, -0.1) is 0 Å². The van der Waals surface area contributed by atoms with Crippen LogP contribution in [0.2, 0.25) is 0 Å². The van der Waals surface area contributed by atoms with Crippen LogP contribution in [0, 0.1) is 5.92 Å². The summed E-state index contributed by atoms with van der Waals surface area (Å²) in [5.74, 6) is -1.89. The first-order valence-corrected chi connectivity index (χ1v) is 10.3. The van der Waals surface area contributed by atoms with E-state index in [9.17, 15) is 24.9 Å². The Morgan fingerprint density at radius 1 is 1.26 bits per heavy atom. The second kappa shape index (κ2) is 6.69. The van der Waals surface area contributed by atoms with Gasteiger partial charge >= 0.3 is 11.9 Å². The first-order valence-electron chi connectivity index (χ1n) is 10.3. The Labute approximate surface area is 177 Å². The van der Waals surface area contributed by atoms with Gasteiger partial charge in [-0.25, -0.2) is 9.59 Å². The Hall–Kier alpha value is -2.62. The SMILES string of the molecule is COc1ccc2c3c1O[C@H]1C(OC(=O)[C@H](O)[C@@H](O)C(=O)O)=CC[C@@]4(O)[C@H](CCC[C@]314)C2. The fourth-order valence-corrected chi connectivity index (χ4v) is 6.12. The normalized spacial score (nSPS) is 34.0. The number of carbonyl (C=O) groups is 2. The quantitative estimate of drug-likeness (QED) is 0.487. The molecule has 1 heterocycles. The van der Waals surface area contributed by atoms with Gasteiger partial charge in [-0.05, 0) is 49.3 Å². The number of methoxy groups -OCH3 is 1. The van der Waals surface area contributed by atoms with E-state index >= 15 is 0 Å². The molecule has 4 aliphatic rings. The molecule has 2 bridgehead atoms. The number of esters is 1. The minimum absolute atomic E-state index is 0.0205. The Morgan fingerprint density at radius 2 is 2.03 bits per heavy atom. The summed E-state index contributed by atoms with van der Waals surface area (Å²) in [4.78, 5) is 23.3. The molecular formula is C22H24O9. The molecule has 0 amide bonds. The molecule has 1 aromatic rings. The number of aliphatic hydroxyl groups is 3. The van der Waals surface area contributed by atoms with E-state index in [0.717, 1.165) is 24.0 Å². The van der Waals surface area contributed by atoms with Crippen LogP contribution in [0.15, 0.2) is 24.0 Å². The molecule has 1 fully saturated rings. The molecule has 4 N–H and O–H groups in total. The van der Waals surface area contributed by atoms with Crippen LogP contribution in [0.4, 0.5) is 0 Å². The van der Waals surface area contributed by atoms with Crippen LogP contribution >= 0.6 is 0 Å². The van der Waals surface area contributed by atoms with Crippen molar-refractivity contribution < 1.29 is 44.2 Å². The lowest BCUT2D eigenvalue weighted by Crippen LogP contribution is -2.67. The third-order valence-corrected chi connectivity index (χ3v) is 7.48. The third-order valence-electron chi connectivity index (χ3n) is 7.48. The predicted molar refractivity (Wildman–Crippen MR) is 104 cm³/mol. The fraction of sp³-hybridized carbons (Fsp3) is 0.545. The molecule has 9 heteroatoms. The van der Waals surface area contributed by atoms with Crippen molar-refractivity contribution in [3.63, 3.8) is 0 Å². The summed E-state index contributed by atoms with van der Waals surface area (Å²) in [6.45, 7) is 0. The number of aliphatic carboxylic acids is 1. The Bertz CT molecular complexity index is 1000. The maximum absolute atomic E-state index is 12.4. The van der Waals surface area contributed by atoms with Crippen molar-refractivity contribution in [3.8, 4) is 11.5 Å². The minimum atomic E-state index is -2.31. The second-order valence-electron chi connectivity index (χ2n) is 8.78. The summed E-state index contributed by atoms with van der Waals surface area (Å²) in [5, 5.41) is 40.2. The van der Waals surface area contributed by atoms with Crippen LogP contribution in [-0.4, -0.2) is 63.4 Å². The zero-order valence-corrected chi connectivity index (χ0v) is 16.9. The molecule has 6 atom stereocenters. The summed E-state index contributed by atoms with van der Waals surface area (Å²) in [5.41, 5.74) is 0.0219. The Kier molecular flexibility index (Phi) is 4.38. The minimum Gasteiger partial charge on any atom is -0.493 e. The van der Waals surface area contributed by atoms with E-state index < -0.39 is 41.3 Å². The summed E-state index contributed by atoms with van der Waals surface area (Å²) in [6, 6.07) is 3.81. The van der Waals surface area contributed by atoms with Crippen LogP contribution in [0.3, 0.4) is 0 Å². The van der Waals surface area contributed by atoms with E-state index in [1.807, 2.05) is 12.1 Å². The highest BCUT2D eigenvalue weighted by Gasteiger charge is 2.71. The topological polar surface area (TPSA) is 143 Å². The molecule has 31 heavy (non-hydrogen) atoms. The van der Waals surface area contributed by atoms with Gasteiger partial charge in [0.25, 0.3) is 0 Å². The van der Waals surface area contributed by atoms with E-state index in [0.29, 0.717) is 24.3 Å². The molecule has 0 saturated heterocycles. The monoisotopic (exact) mass is 432 g/mol. The van der Waals surface area contributed by atoms with Crippen molar-refractivity contribution in [3.05, 3.63) is 35.1 Å². The van der Waals surface area contributed by atoms with E-state index in [1.54, 1.807) is 6.08 Å². The molecule has 9 nitrogen and oxygen atoms in total. The largest absolute Gasteiger partial charge is 0.493 e. The Morgan fingerprint density at radius 3 is 2.74 bits per heavy atom. The number of carboxylic acid groups (broad SMARTS) is 1. The second-order valence-corrected chi connectivity index (χ2v) is 8.78. The number of hydrogen-bond acceptors (Lipinski definition) is 8. The lowest BCUT2D eigenvalue weighted by Gasteiger charge is -2.59. The lowest BCUT2D eigenvalue weighted by molar-refractivity contribution is -0.173. The molecule has 0 radical (unpaired) electrons. The number of rotatable bonds is 5. The van der Waals surface area contributed by atoms with Crippen LogP contribution in [0.5, 0.6) is 11.5 Å². The van der Waals surface area contributed by atoms with Gasteiger partial charge in [0, 0.05) is 5.56 Å². The van der Waals surface area contributed by atoms with Crippen molar-refractivity contribution >= 4 is 11.9 Å². The van der Waals surface area contributed by atoms with Gasteiger partial charge in [0.1, 0.15) is 5.76 Å². The zero-order chi connectivity index (χ0) is 22.1. The van der Waals surface area contributed by atoms with E-state index in [4.69, 9.17) is 19.3 Å².